The molecule has 0 aromatic heterocycles. The molecular formula is C10H12NO4S2-. The number of amides is 1. The van der Waals surface area contributed by atoms with E-state index < -0.39 is 27.6 Å². The lowest BCUT2D eigenvalue weighted by Crippen LogP contribution is -2.61. The van der Waals surface area contributed by atoms with Crippen molar-refractivity contribution in [3.8, 4) is 0 Å². The molecule has 94 valence electrons. The zero-order valence-electron chi connectivity index (χ0n) is 9.63. The van der Waals surface area contributed by atoms with Crippen molar-refractivity contribution in [3.05, 3.63) is 11.0 Å². The van der Waals surface area contributed by atoms with Gasteiger partial charge in [-0.25, -0.2) is 0 Å². The van der Waals surface area contributed by atoms with Crippen LogP contribution in [-0.4, -0.2) is 43.4 Å². The summed E-state index contributed by atoms with van der Waals surface area (Å²) in [4.78, 5) is 24.2. The molecule has 17 heavy (non-hydrogen) atoms. The van der Waals surface area contributed by atoms with Crippen LogP contribution in [0, 0.1) is 0 Å². The number of aliphatic carboxylic acids is 1. The van der Waals surface area contributed by atoms with Crippen LogP contribution in [0.1, 0.15) is 13.8 Å². The van der Waals surface area contributed by atoms with Crippen molar-refractivity contribution < 1.29 is 18.9 Å². The van der Waals surface area contributed by atoms with Gasteiger partial charge in [0.2, 0.25) is 0 Å². The highest BCUT2D eigenvalue weighted by Gasteiger charge is 2.59. The maximum absolute atomic E-state index is 11.8. The third-order valence-electron chi connectivity index (χ3n) is 2.87. The number of carbonyl (C=O) groups is 2. The van der Waals surface area contributed by atoms with Crippen LogP contribution in [0.25, 0.3) is 0 Å². The van der Waals surface area contributed by atoms with E-state index in [2.05, 4.69) is 0 Å². The molecule has 0 aromatic rings. The first-order chi connectivity index (χ1) is 7.75. The largest absolute Gasteiger partial charge is 0.548 e. The van der Waals surface area contributed by atoms with Crippen molar-refractivity contribution in [2.24, 2.45) is 0 Å². The fourth-order valence-corrected chi connectivity index (χ4v) is 4.40. The molecule has 3 atom stereocenters. The summed E-state index contributed by atoms with van der Waals surface area (Å²) < 4.78 is 10.5. The number of rotatable bonds is 2. The Balaban J connectivity index is 2.34. The van der Waals surface area contributed by atoms with Crippen LogP contribution < -0.4 is 5.11 Å². The summed E-state index contributed by atoms with van der Waals surface area (Å²) in [7, 11) is -1.21. The summed E-state index contributed by atoms with van der Waals surface area (Å²) >= 11 is 1.39. The Kier molecular flexibility index (Phi) is 2.86. The molecule has 0 aromatic carbocycles. The number of hydrogen-bond acceptors (Lipinski definition) is 5. The molecule has 7 heteroatoms. The number of carboxylic acids is 1. The third kappa shape index (κ3) is 1.81. The second-order valence-corrected chi connectivity index (χ2v) is 7.55. The molecule has 0 aliphatic carbocycles. The summed E-state index contributed by atoms with van der Waals surface area (Å²) in [5, 5.41) is 12.2. The molecule has 2 aliphatic heterocycles. The van der Waals surface area contributed by atoms with Gasteiger partial charge in [-0.05, 0) is 13.8 Å². The van der Waals surface area contributed by atoms with E-state index in [-0.39, 0.29) is 11.3 Å². The Hall–Kier alpha value is -0.820. The zero-order valence-corrected chi connectivity index (χ0v) is 11.3. The van der Waals surface area contributed by atoms with Gasteiger partial charge < -0.3 is 14.8 Å². The molecule has 1 unspecified atom stereocenters. The summed E-state index contributed by atoms with van der Waals surface area (Å²) in [6, 6.07) is -0.924. The highest BCUT2D eigenvalue weighted by Crippen LogP contribution is 2.52. The predicted octanol–water partition coefficient (Wildman–Crippen LogP) is -0.939. The smallest absolute Gasteiger partial charge is 0.255 e. The van der Waals surface area contributed by atoms with Crippen molar-refractivity contribution in [1.82, 2.24) is 4.90 Å². The van der Waals surface area contributed by atoms with Gasteiger partial charge in [0.1, 0.15) is 5.37 Å². The Morgan fingerprint density at radius 1 is 1.59 bits per heavy atom. The molecule has 0 N–H and O–H groups in total. The van der Waals surface area contributed by atoms with Crippen LogP contribution in [0.4, 0.5) is 0 Å². The van der Waals surface area contributed by atoms with E-state index in [0.717, 1.165) is 0 Å². The molecule has 2 fully saturated rings. The van der Waals surface area contributed by atoms with E-state index >= 15 is 0 Å². The number of β-lactam (4-membered cyclic amide) rings is 1. The van der Waals surface area contributed by atoms with E-state index in [1.165, 1.54) is 28.3 Å². The SMILES string of the molecule is CS(=O)/C=C1/C(=O)N2[C@@H]1SC(C)(C)[C@@H]2C(=O)[O-]. The van der Waals surface area contributed by atoms with Gasteiger partial charge in [-0.3, -0.25) is 9.00 Å². The average Bonchev–Trinajstić information content (AvgIpc) is 2.43. The topological polar surface area (TPSA) is 77.5 Å². The minimum atomic E-state index is -1.24. The summed E-state index contributed by atoms with van der Waals surface area (Å²) in [6.45, 7) is 3.54. The van der Waals surface area contributed by atoms with Crippen molar-refractivity contribution in [1.29, 1.82) is 0 Å². The minimum Gasteiger partial charge on any atom is -0.548 e. The molecule has 2 heterocycles. The molecular weight excluding hydrogens is 262 g/mol. The van der Waals surface area contributed by atoms with Gasteiger partial charge in [-0.15, -0.1) is 11.8 Å². The second kappa shape index (κ2) is 3.84. The molecule has 0 bridgehead atoms. The van der Waals surface area contributed by atoms with Gasteiger partial charge >= 0.3 is 0 Å². The molecule has 2 aliphatic rings. The van der Waals surface area contributed by atoms with E-state index in [0.29, 0.717) is 5.57 Å². The van der Waals surface area contributed by atoms with E-state index in [1.54, 1.807) is 13.8 Å². The Labute approximate surface area is 106 Å². The van der Waals surface area contributed by atoms with E-state index in [1.807, 2.05) is 0 Å². The van der Waals surface area contributed by atoms with Crippen LogP contribution in [0.15, 0.2) is 11.0 Å². The van der Waals surface area contributed by atoms with Gasteiger partial charge in [0.15, 0.2) is 0 Å². The van der Waals surface area contributed by atoms with Crippen molar-refractivity contribution in [3.63, 3.8) is 0 Å². The first-order valence-corrected chi connectivity index (χ1v) is 7.51. The quantitative estimate of drug-likeness (QED) is 0.480. The van der Waals surface area contributed by atoms with Crippen LogP contribution in [0.2, 0.25) is 0 Å². The van der Waals surface area contributed by atoms with Crippen LogP contribution in [0.3, 0.4) is 0 Å². The number of carboxylic acid groups (broad SMARTS) is 1. The maximum atomic E-state index is 11.8. The first kappa shape index (κ1) is 12.6. The van der Waals surface area contributed by atoms with Gasteiger partial charge in [-0.1, -0.05) is 0 Å². The number of nitrogens with zero attached hydrogens (tertiary/aromatic N) is 1. The monoisotopic (exact) mass is 274 g/mol. The Bertz CT molecular complexity index is 457. The van der Waals surface area contributed by atoms with Crippen LogP contribution >= 0.6 is 11.8 Å². The first-order valence-electron chi connectivity index (χ1n) is 5.01. The van der Waals surface area contributed by atoms with Gasteiger partial charge in [0, 0.05) is 27.2 Å². The minimum absolute atomic E-state index is 0.302. The average molecular weight is 274 g/mol. The standard InChI is InChI=1S/C10H13NO4S2/c1-10(2)6(9(13)14)11-7(12)5(4-17(3)15)8(11)16-10/h4,6,8H,1-3H3,(H,13,14)/p-1/b5-4-/t6-,8+,17?/m0/s1. The van der Waals surface area contributed by atoms with Crippen molar-refractivity contribution >= 4 is 34.4 Å². The van der Waals surface area contributed by atoms with Gasteiger partial charge in [0.05, 0.1) is 17.6 Å². The number of fused-ring (bicyclic) bond motifs is 1. The fourth-order valence-electron chi connectivity index (χ4n) is 2.19. The normalized spacial score (nSPS) is 34.4. The van der Waals surface area contributed by atoms with E-state index in [4.69, 9.17) is 0 Å². The lowest BCUT2D eigenvalue weighted by Gasteiger charge is -2.40. The van der Waals surface area contributed by atoms with Crippen molar-refractivity contribution in [2.75, 3.05) is 6.26 Å². The molecule has 2 saturated heterocycles. The fraction of sp³-hybridized carbons (Fsp3) is 0.600. The number of thioether (sulfide) groups is 1. The van der Waals surface area contributed by atoms with Gasteiger partial charge in [-0.2, -0.15) is 0 Å². The number of hydrogen-bond donors (Lipinski definition) is 0. The van der Waals surface area contributed by atoms with E-state index in [9.17, 15) is 18.9 Å². The Morgan fingerprint density at radius 2 is 2.18 bits per heavy atom. The Morgan fingerprint density at radius 3 is 2.65 bits per heavy atom. The predicted molar refractivity (Wildman–Crippen MR) is 63.2 cm³/mol. The second-order valence-electron chi connectivity index (χ2n) is 4.58. The maximum Gasteiger partial charge on any atom is 0.255 e. The summed E-state index contributed by atoms with van der Waals surface area (Å²) in [5.74, 6) is -1.59. The molecule has 0 radical (unpaired) electrons. The van der Waals surface area contributed by atoms with Crippen LogP contribution in [0.5, 0.6) is 0 Å². The van der Waals surface area contributed by atoms with Gasteiger partial charge in [0.25, 0.3) is 5.91 Å². The molecule has 0 spiro atoms. The van der Waals surface area contributed by atoms with Crippen LogP contribution in [-0.2, 0) is 20.4 Å². The van der Waals surface area contributed by atoms with Crippen molar-refractivity contribution in [2.45, 2.75) is 30.0 Å². The number of carbonyl (C=O) groups excluding carboxylic acids is 2. The molecule has 1 amide bonds. The molecule has 0 saturated carbocycles. The highest BCUT2D eigenvalue weighted by atomic mass is 32.2. The summed E-state index contributed by atoms with van der Waals surface area (Å²) in [6.07, 6.45) is 1.48. The highest BCUT2D eigenvalue weighted by molar-refractivity contribution is 8.02. The summed E-state index contributed by atoms with van der Waals surface area (Å²) in [5.41, 5.74) is 0.438. The molecule has 5 nitrogen and oxygen atoms in total. The third-order valence-corrected chi connectivity index (χ3v) is 4.99. The lowest BCUT2D eigenvalue weighted by molar-refractivity contribution is -0.312. The molecule has 2 rings (SSSR count). The lowest BCUT2D eigenvalue weighted by atomic mass is 9.96. The zero-order chi connectivity index (χ0) is 13.0.